The van der Waals surface area contributed by atoms with Gasteiger partial charge in [0.2, 0.25) is 0 Å². The SMILES string of the molecule is Cc1ccc(NCCCC(C)O)c(C#N)c1. The molecular weight excluding hydrogens is 200 g/mol. The first-order valence-corrected chi connectivity index (χ1v) is 5.56. The van der Waals surface area contributed by atoms with Crippen molar-refractivity contribution in [3.05, 3.63) is 29.3 Å². The Hall–Kier alpha value is -1.53. The summed E-state index contributed by atoms with van der Waals surface area (Å²) in [6.45, 7) is 4.54. The fourth-order valence-electron chi connectivity index (χ4n) is 1.53. The molecule has 0 heterocycles. The molecule has 1 aromatic carbocycles. The quantitative estimate of drug-likeness (QED) is 0.746. The second kappa shape index (κ2) is 6.14. The van der Waals surface area contributed by atoms with E-state index < -0.39 is 0 Å². The maximum Gasteiger partial charge on any atom is 0.101 e. The minimum absolute atomic E-state index is 0.254. The molecule has 0 fully saturated rings. The number of aryl methyl sites for hydroxylation is 1. The summed E-state index contributed by atoms with van der Waals surface area (Å²) >= 11 is 0. The smallest absolute Gasteiger partial charge is 0.101 e. The van der Waals surface area contributed by atoms with E-state index in [1.54, 1.807) is 6.92 Å². The molecule has 86 valence electrons. The normalized spacial score (nSPS) is 11.9. The van der Waals surface area contributed by atoms with Crippen molar-refractivity contribution in [2.24, 2.45) is 0 Å². The van der Waals surface area contributed by atoms with Crippen LogP contribution in [0.5, 0.6) is 0 Å². The highest BCUT2D eigenvalue weighted by Gasteiger charge is 2.01. The van der Waals surface area contributed by atoms with E-state index in [9.17, 15) is 0 Å². The van der Waals surface area contributed by atoms with E-state index in [4.69, 9.17) is 10.4 Å². The van der Waals surface area contributed by atoms with Crippen LogP contribution >= 0.6 is 0 Å². The van der Waals surface area contributed by atoms with E-state index in [2.05, 4.69) is 11.4 Å². The third-order valence-corrected chi connectivity index (χ3v) is 2.41. The van der Waals surface area contributed by atoms with Gasteiger partial charge >= 0.3 is 0 Å². The van der Waals surface area contributed by atoms with Gasteiger partial charge in [-0.1, -0.05) is 6.07 Å². The third-order valence-electron chi connectivity index (χ3n) is 2.41. The fraction of sp³-hybridized carbons (Fsp3) is 0.462. The van der Waals surface area contributed by atoms with Crippen molar-refractivity contribution in [2.45, 2.75) is 32.8 Å². The maximum atomic E-state index is 9.11. The van der Waals surface area contributed by atoms with E-state index in [0.717, 1.165) is 30.6 Å². The number of hydrogen-bond acceptors (Lipinski definition) is 3. The number of benzene rings is 1. The van der Waals surface area contributed by atoms with Crippen molar-refractivity contribution in [3.63, 3.8) is 0 Å². The lowest BCUT2D eigenvalue weighted by atomic mass is 10.1. The molecular formula is C13H18N2O. The van der Waals surface area contributed by atoms with Crippen molar-refractivity contribution in [1.29, 1.82) is 5.26 Å². The van der Waals surface area contributed by atoms with Crippen LogP contribution in [0.15, 0.2) is 18.2 Å². The van der Waals surface area contributed by atoms with Crippen LogP contribution in [0.3, 0.4) is 0 Å². The van der Waals surface area contributed by atoms with Crippen LogP contribution in [0.1, 0.15) is 30.9 Å². The van der Waals surface area contributed by atoms with E-state index in [1.807, 2.05) is 25.1 Å². The molecule has 2 N–H and O–H groups in total. The zero-order valence-electron chi connectivity index (χ0n) is 9.83. The van der Waals surface area contributed by atoms with Crippen molar-refractivity contribution in [3.8, 4) is 6.07 Å². The van der Waals surface area contributed by atoms with Gasteiger partial charge in [0.1, 0.15) is 6.07 Å². The van der Waals surface area contributed by atoms with Gasteiger partial charge in [-0.25, -0.2) is 0 Å². The summed E-state index contributed by atoms with van der Waals surface area (Å²) < 4.78 is 0. The first-order valence-electron chi connectivity index (χ1n) is 5.56. The molecule has 0 saturated heterocycles. The van der Waals surface area contributed by atoms with Gasteiger partial charge in [0.05, 0.1) is 17.4 Å². The Morgan fingerprint density at radius 1 is 1.50 bits per heavy atom. The first kappa shape index (κ1) is 12.5. The van der Waals surface area contributed by atoms with E-state index >= 15 is 0 Å². The molecule has 0 aromatic heterocycles. The number of aliphatic hydroxyl groups is 1. The molecule has 1 rings (SSSR count). The molecule has 3 heteroatoms. The standard InChI is InChI=1S/C13H18N2O/c1-10-5-6-13(12(8-10)9-14)15-7-3-4-11(2)16/h5-6,8,11,15-16H,3-4,7H2,1-2H3. The Balaban J connectivity index is 2.51. The Morgan fingerprint density at radius 3 is 2.88 bits per heavy atom. The van der Waals surface area contributed by atoms with Crippen molar-refractivity contribution < 1.29 is 5.11 Å². The molecule has 0 aliphatic carbocycles. The fourth-order valence-corrected chi connectivity index (χ4v) is 1.53. The lowest BCUT2D eigenvalue weighted by molar-refractivity contribution is 0.183. The predicted molar refractivity (Wildman–Crippen MR) is 65.3 cm³/mol. The number of nitrogens with one attached hydrogen (secondary N) is 1. The van der Waals surface area contributed by atoms with Gasteiger partial charge in [0.25, 0.3) is 0 Å². The van der Waals surface area contributed by atoms with Gasteiger partial charge < -0.3 is 10.4 Å². The van der Waals surface area contributed by atoms with Gasteiger partial charge in [-0.15, -0.1) is 0 Å². The second-order valence-corrected chi connectivity index (χ2v) is 4.08. The van der Waals surface area contributed by atoms with E-state index in [1.165, 1.54) is 0 Å². The Kier molecular flexibility index (Phi) is 4.81. The third kappa shape index (κ3) is 3.92. The van der Waals surface area contributed by atoms with Crippen LogP contribution in [0.2, 0.25) is 0 Å². The molecule has 1 unspecified atom stereocenters. The van der Waals surface area contributed by atoms with Crippen molar-refractivity contribution >= 4 is 5.69 Å². The number of aliphatic hydroxyl groups excluding tert-OH is 1. The van der Waals surface area contributed by atoms with E-state index in [0.29, 0.717) is 5.56 Å². The van der Waals surface area contributed by atoms with Crippen LogP contribution < -0.4 is 5.32 Å². The largest absolute Gasteiger partial charge is 0.393 e. The average molecular weight is 218 g/mol. The second-order valence-electron chi connectivity index (χ2n) is 4.08. The van der Waals surface area contributed by atoms with Crippen LogP contribution in [0.4, 0.5) is 5.69 Å². The number of rotatable bonds is 5. The van der Waals surface area contributed by atoms with Gasteiger partial charge in [0.15, 0.2) is 0 Å². The molecule has 0 saturated carbocycles. The molecule has 0 aliphatic rings. The Labute approximate surface area is 96.7 Å². The number of anilines is 1. The monoisotopic (exact) mass is 218 g/mol. The van der Waals surface area contributed by atoms with Crippen LogP contribution in [-0.4, -0.2) is 17.8 Å². The zero-order chi connectivity index (χ0) is 12.0. The van der Waals surface area contributed by atoms with Crippen LogP contribution in [0.25, 0.3) is 0 Å². The maximum absolute atomic E-state index is 9.11. The molecule has 1 atom stereocenters. The summed E-state index contributed by atoms with van der Waals surface area (Å²) in [5, 5.41) is 21.3. The van der Waals surface area contributed by atoms with Crippen molar-refractivity contribution in [2.75, 3.05) is 11.9 Å². The molecule has 0 spiro atoms. The van der Waals surface area contributed by atoms with Gasteiger partial charge in [-0.2, -0.15) is 5.26 Å². The van der Waals surface area contributed by atoms with Gasteiger partial charge in [0, 0.05) is 6.54 Å². The van der Waals surface area contributed by atoms with Crippen LogP contribution in [-0.2, 0) is 0 Å². The lowest BCUT2D eigenvalue weighted by Gasteiger charge is -2.09. The highest BCUT2D eigenvalue weighted by molar-refractivity contribution is 5.58. The lowest BCUT2D eigenvalue weighted by Crippen LogP contribution is -2.07. The summed E-state index contributed by atoms with van der Waals surface area (Å²) in [5.41, 5.74) is 2.64. The minimum Gasteiger partial charge on any atom is -0.393 e. The molecule has 0 amide bonds. The summed E-state index contributed by atoms with van der Waals surface area (Å²) in [6, 6.07) is 7.96. The highest BCUT2D eigenvalue weighted by atomic mass is 16.3. The Morgan fingerprint density at radius 2 is 2.25 bits per heavy atom. The summed E-state index contributed by atoms with van der Waals surface area (Å²) in [7, 11) is 0. The zero-order valence-corrected chi connectivity index (χ0v) is 9.83. The molecule has 0 radical (unpaired) electrons. The van der Waals surface area contributed by atoms with Crippen LogP contribution in [0, 0.1) is 18.3 Å². The van der Waals surface area contributed by atoms with E-state index in [-0.39, 0.29) is 6.10 Å². The van der Waals surface area contributed by atoms with Gasteiger partial charge in [-0.3, -0.25) is 0 Å². The van der Waals surface area contributed by atoms with Gasteiger partial charge in [-0.05, 0) is 44.4 Å². The highest BCUT2D eigenvalue weighted by Crippen LogP contribution is 2.16. The molecule has 0 bridgehead atoms. The molecule has 0 aliphatic heterocycles. The minimum atomic E-state index is -0.254. The number of nitrogens with zero attached hydrogens (tertiary/aromatic N) is 1. The summed E-state index contributed by atoms with van der Waals surface area (Å²) in [4.78, 5) is 0. The molecule has 16 heavy (non-hydrogen) atoms. The molecule has 3 nitrogen and oxygen atoms in total. The average Bonchev–Trinajstić information content (AvgIpc) is 2.25. The topological polar surface area (TPSA) is 56.0 Å². The molecule has 1 aromatic rings. The summed E-state index contributed by atoms with van der Waals surface area (Å²) in [5.74, 6) is 0. The number of nitriles is 1. The first-order chi connectivity index (χ1) is 7.63. The summed E-state index contributed by atoms with van der Waals surface area (Å²) in [6.07, 6.45) is 1.42. The predicted octanol–water partition coefficient (Wildman–Crippen LogP) is 2.44. The number of hydrogen-bond donors (Lipinski definition) is 2. The Bertz CT molecular complexity index is 380. The van der Waals surface area contributed by atoms with Crippen molar-refractivity contribution in [1.82, 2.24) is 0 Å².